The monoisotopic (exact) mass is 420 g/mol. The van der Waals surface area contributed by atoms with Gasteiger partial charge in [0.15, 0.2) is 17.5 Å². The number of halogens is 2. The van der Waals surface area contributed by atoms with Crippen molar-refractivity contribution in [2.75, 3.05) is 31.1 Å². The highest BCUT2D eigenvalue weighted by Crippen LogP contribution is 2.22. The molecule has 0 amide bonds. The maximum absolute atomic E-state index is 13.5. The second kappa shape index (κ2) is 7.48. The molecule has 0 N–H and O–H groups in total. The van der Waals surface area contributed by atoms with E-state index < -0.39 is 21.7 Å². The van der Waals surface area contributed by atoms with Crippen LogP contribution in [0.3, 0.4) is 0 Å². The number of piperazine rings is 1. The molecule has 0 spiro atoms. The van der Waals surface area contributed by atoms with E-state index >= 15 is 0 Å². The van der Waals surface area contributed by atoms with Gasteiger partial charge in [0, 0.05) is 44.6 Å². The first-order valence-corrected chi connectivity index (χ1v) is 10.3. The van der Waals surface area contributed by atoms with Crippen LogP contribution in [0.4, 0.5) is 14.6 Å². The maximum Gasteiger partial charge on any atom is 0.243 e. The Balaban J connectivity index is 1.52. The van der Waals surface area contributed by atoms with E-state index in [1.54, 1.807) is 36.1 Å². The summed E-state index contributed by atoms with van der Waals surface area (Å²) in [6.45, 7) is 2.97. The number of rotatable bonds is 4. The van der Waals surface area contributed by atoms with Crippen LogP contribution in [0.5, 0.6) is 0 Å². The molecule has 3 heterocycles. The molecular formula is C18H18F2N6O2S. The molecule has 1 aromatic carbocycles. The van der Waals surface area contributed by atoms with Crippen LogP contribution in [0.2, 0.25) is 0 Å². The fraction of sp³-hybridized carbons (Fsp3) is 0.278. The number of aromatic nitrogens is 4. The number of hydrogen-bond donors (Lipinski definition) is 0. The predicted molar refractivity (Wildman–Crippen MR) is 101 cm³/mol. The molecule has 1 aliphatic heterocycles. The van der Waals surface area contributed by atoms with Crippen LogP contribution < -0.4 is 4.90 Å². The summed E-state index contributed by atoms with van der Waals surface area (Å²) in [5.41, 5.74) is 0. The van der Waals surface area contributed by atoms with E-state index in [-0.39, 0.29) is 18.0 Å². The summed E-state index contributed by atoms with van der Waals surface area (Å²) in [7, 11) is -3.91. The molecule has 1 fully saturated rings. The Morgan fingerprint density at radius 2 is 1.69 bits per heavy atom. The van der Waals surface area contributed by atoms with Gasteiger partial charge in [0.2, 0.25) is 10.0 Å². The third-order valence-electron chi connectivity index (χ3n) is 4.64. The van der Waals surface area contributed by atoms with Gasteiger partial charge in [0.1, 0.15) is 11.6 Å². The molecule has 152 valence electrons. The molecule has 2 aromatic heterocycles. The van der Waals surface area contributed by atoms with Gasteiger partial charge in [-0.3, -0.25) is 0 Å². The molecule has 4 rings (SSSR count). The lowest BCUT2D eigenvalue weighted by Gasteiger charge is -2.34. The molecule has 0 aliphatic carbocycles. The highest BCUT2D eigenvalue weighted by molar-refractivity contribution is 7.89. The molecule has 11 heteroatoms. The van der Waals surface area contributed by atoms with Crippen LogP contribution in [0.15, 0.2) is 47.6 Å². The van der Waals surface area contributed by atoms with Crippen molar-refractivity contribution < 1.29 is 17.2 Å². The van der Waals surface area contributed by atoms with Crippen molar-refractivity contribution in [1.82, 2.24) is 24.1 Å². The zero-order valence-electron chi connectivity index (χ0n) is 15.5. The van der Waals surface area contributed by atoms with Crippen LogP contribution in [0.1, 0.15) is 5.82 Å². The number of benzene rings is 1. The lowest BCUT2D eigenvalue weighted by molar-refractivity contribution is 0.383. The quantitative estimate of drug-likeness (QED) is 0.640. The van der Waals surface area contributed by atoms with Crippen LogP contribution >= 0.6 is 0 Å². The molecule has 1 aliphatic rings. The molecule has 0 radical (unpaired) electrons. The van der Waals surface area contributed by atoms with Crippen LogP contribution in [0, 0.1) is 18.6 Å². The standard InChI is InChI=1S/C18H18F2N6O2S/c1-13-22-17(12-18(23-13)26-6-2-5-21-26)24-7-9-25(10-8-24)29(27,28)14-3-4-15(19)16(20)11-14/h2-6,11-12H,7-10H2,1H3. The fourth-order valence-corrected chi connectivity index (χ4v) is 4.60. The van der Waals surface area contributed by atoms with Gasteiger partial charge in [-0.15, -0.1) is 0 Å². The van der Waals surface area contributed by atoms with Gasteiger partial charge >= 0.3 is 0 Å². The minimum Gasteiger partial charge on any atom is -0.354 e. The lowest BCUT2D eigenvalue weighted by Crippen LogP contribution is -2.49. The van der Waals surface area contributed by atoms with Crippen LogP contribution in [-0.4, -0.2) is 58.7 Å². The van der Waals surface area contributed by atoms with Crippen molar-refractivity contribution in [1.29, 1.82) is 0 Å². The number of anilines is 1. The molecule has 29 heavy (non-hydrogen) atoms. The van der Waals surface area contributed by atoms with Gasteiger partial charge in [-0.1, -0.05) is 0 Å². The van der Waals surface area contributed by atoms with E-state index in [0.29, 0.717) is 36.6 Å². The molecule has 0 bridgehead atoms. The van der Waals surface area contributed by atoms with Crippen molar-refractivity contribution in [3.8, 4) is 5.82 Å². The van der Waals surface area contributed by atoms with Crippen molar-refractivity contribution in [2.45, 2.75) is 11.8 Å². The van der Waals surface area contributed by atoms with Crippen LogP contribution in [-0.2, 0) is 10.0 Å². The van der Waals surface area contributed by atoms with E-state index in [4.69, 9.17) is 0 Å². The Bertz CT molecular complexity index is 1130. The fourth-order valence-electron chi connectivity index (χ4n) is 3.16. The summed E-state index contributed by atoms with van der Waals surface area (Å²) in [4.78, 5) is 10.5. The largest absolute Gasteiger partial charge is 0.354 e. The van der Waals surface area contributed by atoms with Crippen molar-refractivity contribution in [2.24, 2.45) is 0 Å². The van der Waals surface area contributed by atoms with Crippen molar-refractivity contribution in [3.63, 3.8) is 0 Å². The Hall–Kier alpha value is -2.92. The Morgan fingerprint density at radius 3 is 2.34 bits per heavy atom. The van der Waals surface area contributed by atoms with Gasteiger partial charge in [-0.05, 0) is 31.2 Å². The van der Waals surface area contributed by atoms with E-state index in [1.807, 2.05) is 4.90 Å². The van der Waals surface area contributed by atoms with Crippen molar-refractivity contribution in [3.05, 3.63) is 60.2 Å². The third-order valence-corrected chi connectivity index (χ3v) is 6.54. The van der Waals surface area contributed by atoms with Crippen molar-refractivity contribution >= 4 is 15.8 Å². The zero-order chi connectivity index (χ0) is 20.6. The molecule has 0 unspecified atom stereocenters. The molecule has 1 saturated heterocycles. The van der Waals surface area contributed by atoms with E-state index in [1.165, 1.54) is 4.31 Å². The lowest BCUT2D eigenvalue weighted by atomic mass is 10.3. The SMILES string of the molecule is Cc1nc(N2CCN(S(=O)(=O)c3ccc(F)c(F)c3)CC2)cc(-n2cccn2)n1. The van der Waals surface area contributed by atoms with Gasteiger partial charge in [-0.2, -0.15) is 9.40 Å². The van der Waals surface area contributed by atoms with E-state index in [0.717, 1.165) is 12.1 Å². The number of nitrogens with zero attached hydrogens (tertiary/aromatic N) is 6. The smallest absolute Gasteiger partial charge is 0.243 e. The molecule has 8 nitrogen and oxygen atoms in total. The van der Waals surface area contributed by atoms with Crippen LogP contribution in [0.25, 0.3) is 5.82 Å². The highest BCUT2D eigenvalue weighted by atomic mass is 32.2. The second-order valence-corrected chi connectivity index (χ2v) is 8.49. The average molecular weight is 420 g/mol. The zero-order valence-corrected chi connectivity index (χ0v) is 16.4. The molecule has 0 saturated carbocycles. The first-order chi connectivity index (χ1) is 13.8. The summed E-state index contributed by atoms with van der Waals surface area (Å²) >= 11 is 0. The minimum atomic E-state index is -3.91. The van der Waals surface area contributed by atoms with Gasteiger partial charge < -0.3 is 4.90 Å². The van der Waals surface area contributed by atoms with E-state index in [2.05, 4.69) is 15.1 Å². The predicted octanol–water partition coefficient (Wildman–Crippen LogP) is 1.76. The Kier molecular flexibility index (Phi) is 5.01. The maximum atomic E-state index is 13.5. The highest BCUT2D eigenvalue weighted by Gasteiger charge is 2.30. The molecule has 3 aromatic rings. The number of hydrogen-bond acceptors (Lipinski definition) is 6. The summed E-state index contributed by atoms with van der Waals surface area (Å²) in [6, 6.07) is 6.18. The summed E-state index contributed by atoms with van der Waals surface area (Å²) in [6.07, 6.45) is 3.43. The first-order valence-electron chi connectivity index (χ1n) is 8.90. The molecular weight excluding hydrogens is 402 g/mol. The topological polar surface area (TPSA) is 84.2 Å². The minimum absolute atomic E-state index is 0.196. The second-order valence-electron chi connectivity index (χ2n) is 6.55. The van der Waals surface area contributed by atoms with E-state index in [9.17, 15) is 17.2 Å². The van der Waals surface area contributed by atoms with Gasteiger partial charge in [-0.25, -0.2) is 31.8 Å². The number of aryl methyl sites for hydroxylation is 1. The first kappa shape index (κ1) is 19.4. The van der Waals surface area contributed by atoms with Gasteiger partial charge in [0.25, 0.3) is 0 Å². The molecule has 0 atom stereocenters. The summed E-state index contributed by atoms with van der Waals surface area (Å²) in [5.74, 6) is -0.403. The third kappa shape index (κ3) is 3.83. The Morgan fingerprint density at radius 1 is 0.966 bits per heavy atom. The average Bonchev–Trinajstić information content (AvgIpc) is 3.24. The summed E-state index contributed by atoms with van der Waals surface area (Å²) in [5, 5.41) is 4.17. The Labute approximate surface area is 166 Å². The normalized spacial score (nSPS) is 15.6. The number of sulfonamides is 1. The van der Waals surface area contributed by atoms with Gasteiger partial charge in [0.05, 0.1) is 4.90 Å². The summed E-state index contributed by atoms with van der Waals surface area (Å²) < 4.78 is 55.0.